The van der Waals surface area contributed by atoms with Gasteiger partial charge in [-0.2, -0.15) is 0 Å². The molecule has 4 aromatic rings. The highest BCUT2D eigenvalue weighted by atomic mass is 16.7. The summed E-state index contributed by atoms with van der Waals surface area (Å²) in [5.41, 5.74) is 3.22. The zero-order chi connectivity index (χ0) is 27.4. The second kappa shape index (κ2) is 14.7. The van der Waals surface area contributed by atoms with Crippen LogP contribution >= 0.6 is 0 Å². The van der Waals surface area contributed by atoms with Gasteiger partial charge in [-0.05, 0) is 28.8 Å². The van der Waals surface area contributed by atoms with Crippen LogP contribution in [0.5, 0.6) is 0 Å². The van der Waals surface area contributed by atoms with Crippen molar-refractivity contribution in [2.24, 2.45) is 0 Å². The molecule has 0 bridgehead atoms. The molecule has 0 amide bonds. The maximum atomic E-state index is 6.65. The summed E-state index contributed by atoms with van der Waals surface area (Å²) in [4.78, 5) is 4.51. The summed E-state index contributed by atoms with van der Waals surface area (Å²) in [6.07, 6.45) is -0.242. The Morgan fingerprint density at radius 2 is 1.23 bits per heavy atom. The van der Waals surface area contributed by atoms with Gasteiger partial charge in [0, 0.05) is 13.3 Å². The van der Waals surface area contributed by atoms with Gasteiger partial charge in [0.25, 0.3) is 0 Å². The summed E-state index contributed by atoms with van der Waals surface area (Å²) in [6.45, 7) is 1.60. The van der Waals surface area contributed by atoms with Crippen LogP contribution in [-0.4, -0.2) is 49.3 Å². The molecule has 0 radical (unpaired) electrons. The number of aromatic nitrogens is 1. The molecule has 7 heteroatoms. The standard InChI is InChI=1S/C33H36N2O5/c1-36-33-32(39-23-27-17-9-4-10-18-27)31(38-22-26-15-7-3-8-16-26)30(35-29-19-11-12-20-34-29)28(40-33)24-37-21-25-13-5-2-6-14-25/h2-20,28,30-33H,21-24H2,1H3,(H,34,35)/t28-,30-,31+,32-,33+/m1/s1. The molecule has 0 spiro atoms. The van der Waals surface area contributed by atoms with Crippen LogP contribution < -0.4 is 5.32 Å². The van der Waals surface area contributed by atoms with Crippen molar-refractivity contribution in [2.45, 2.75) is 50.5 Å². The van der Waals surface area contributed by atoms with E-state index in [1.807, 2.05) is 97.1 Å². The second-order valence-corrected chi connectivity index (χ2v) is 9.69. The molecule has 1 saturated heterocycles. The highest BCUT2D eigenvalue weighted by Gasteiger charge is 2.48. The lowest BCUT2D eigenvalue weighted by Gasteiger charge is -2.46. The van der Waals surface area contributed by atoms with E-state index in [1.54, 1.807) is 13.3 Å². The third-order valence-electron chi connectivity index (χ3n) is 6.83. The van der Waals surface area contributed by atoms with Crippen molar-refractivity contribution < 1.29 is 23.7 Å². The number of pyridine rings is 1. The molecular formula is C33H36N2O5. The third-order valence-corrected chi connectivity index (χ3v) is 6.83. The van der Waals surface area contributed by atoms with Crippen molar-refractivity contribution >= 4 is 5.82 Å². The van der Waals surface area contributed by atoms with Crippen molar-refractivity contribution in [3.05, 3.63) is 132 Å². The maximum Gasteiger partial charge on any atom is 0.186 e. The van der Waals surface area contributed by atoms with Crippen LogP contribution in [-0.2, 0) is 43.5 Å². The number of ether oxygens (including phenoxy) is 5. The van der Waals surface area contributed by atoms with Crippen molar-refractivity contribution in [1.29, 1.82) is 0 Å². The van der Waals surface area contributed by atoms with Crippen LogP contribution in [0.15, 0.2) is 115 Å². The summed E-state index contributed by atoms with van der Waals surface area (Å²) < 4.78 is 31.6. The first-order valence-electron chi connectivity index (χ1n) is 13.6. The van der Waals surface area contributed by atoms with E-state index in [-0.39, 0.29) is 6.04 Å². The number of rotatable bonds is 13. The lowest BCUT2D eigenvalue weighted by Crippen LogP contribution is -2.63. The van der Waals surface area contributed by atoms with Crippen LogP contribution in [0.25, 0.3) is 0 Å². The van der Waals surface area contributed by atoms with Gasteiger partial charge >= 0.3 is 0 Å². The van der Waals surface area contributed by atoms with Gasteiger partial charge in [-0.15, -0.1) is 0 Å². The van der Waals surface area contributed by atoms with Gasteiger partial charge in [-0.1, -0.05) is 97.1 Å². The molecule has 0 unspecified atom stereocenters. The minimum absolute atomic E-state index is 0.329. The van der Waals surface area contributed by atoms with E-state index >= 15 is 0 Å². The lowest BCUT2D eigenvalue weighted by atomic mass is 9.95. The molecule has 1 aromatic heterocycles. The second-order valence-electron chi connectivity index (χ2n) is 9.69. The smallest absolute Gasteiger partial charge is 0.186 e. The predicted octanol–water partition coefficient (Wildman–Crippen LogP) is 5.62. The van der Waals surface area contributed by atoms with Gasteiger partial charge in [-0.25, -0.2) is 4.98 Å². The van der Waals surface area contributed by atoms with Crippen molar-refractivity contribution in [2.75, 3.05) is 19.0 Å². The van der Waals surface area contributed by atoms with Gasteiger partial charge in [0.1, 0.15) is 24.1 Å². The van der Waals surface area contributed by atoms with E-state index in [0.717, 1.165) is 22.5 Å². The molecule has 5 atom stereocenters. The van der Waals surface area contributed by atoms with Gasteiger partial charge < -0.3 is 29.0 Å². The van der Waals surface area contributed by atoms with Crippen molar-refractivity contribution in [1.82, 2.24) is 4.98 Å². The minimum atomic E-state index is -0.656. The Hall–Kier alpha value is -3.59. The van der Waals surface area contributed by atoms with E-state index in [2.05, 4.69) is 22.4 Å². The average Bonchev–Trinajstić information content (AvgIpc) is 3.02. The number of anilines is 1. The molecule has 7 nitrogen and oxygen atoms in total. The van der Waals surface area contributed by atoms with E-state index < -0.39 is 24.6 Å². The Bertz CT molecular complexity index is 1250. The summed E-state index contributed by atoms with van der Waals surface area (Å²) in [6, 6.07) is 35.7. The van der Waals surface area contributed by atoms with E-state index in [4.69, 9.17) is 23.7 Å². The summed E-state index contributed by atoms with van der Waals surface area (Å²) in [5, 5.41) is 3.56. The first-order chi connectivity index (χ1) is 19.8. The molecule has 0 aliphatic carbocycles. The minimum Gasteiger partial charge on any atom is -0.374 e. The quantitative estimate of drug-likeness (QED) is 0.236. The predicted molar refractivity (Wildman–Crippen MR) is 153 cm³/mol. The van der Waals surface area contributed by atoms with E-state index in [9.17, 15) is 0 Å². The molecule has 1 aliphatic rings. The van der Waals surface area contributed by atoms with Crippen LogP contribution in [0.4, 0.5) is 5.82 Å². The summed E-state index contributed by atoms with van der Waals surface area (Å²) in [5.74, 6) is 0.718. The molecule has 40 heavy (non-hydrogen) atoms. The Kier molecular flexibility index (Phi) is 10.3. The Labute approximate surface area is 236 Å². The fraction of sp³-hybridized carbons (Fsp3) is 0.303. The summed E-state index contributed by atoms with van der Waals surface area (Å²) >= 11 is 0. The van der Waals surface area contributed by atoms with E-state index in [0.29, 0.717) is 26.4 Å². The fourth-order valence-electron chi connectivity index (χ4n) is 4.80. The molecule has 1 aliphatic heterocycles. The average molecular weight is 541 g/mol. The van der Waals surface area contributed by atoms with Crippen LogP contribution in [0.3, 0.4) is 0 Å². The van der Waals surface area contributed by atoms with Crippen molar-refractivity contribution in [3.63, 3.8) is 0 Å². The van der Waals surface area contributed by atoms with Gasteiger partial charge in [0.05, 0.1) is 32.5 Å². The number of hydrogen-bond acceptors (Lipinski definition) is 7. The SMILES string of the molecule is CO[C@H]1O[C@H](COCc2ccccc2)[C@@H](Nc2ccccn2)[C@H](OCc2ccccc2)[C@H]1OCc1ccccc1. The van der Waals surface area contributed by atoms with Gasteiger partial charge in [0.15, 0.2) is 6.29 Å². The zero-order valence-electron chi connectivity index (χ0n) is 22.7. The van der Waals surface area contributed by atoms with E-state index in [1.165, 1.54) is 0 Å². The largest absolute Gasteiger partial charge is 0.374 e. The molecule has 0 saturated carbocycles. The van der Waals surface area contributed by atoms with Crippen LogP contribution in [0, 0.1) is 0 Å². The molecule has 5 rings (SSSR count). The van der Waals surface area contributed by atoms with Crippen LogP contribution in [0.1, 0.15) is 16.7 Å². The lowest BCUT2D eigenvalue weighted by molar-refractivity contribution is -0.289. The fourth-order valence-corrected chi connectivity index (χ4v) is 4.80. The van der Waals surface area contributed by atoms with Crippen LogP contribution in [0.2, 0.25) is 0 Å². The molecule has 1 N–H and O–H groups in total. The molecular weight excluding hydrogens is 504 g/mol. The Morgan fingerprint density at radius 1 is 0.675 bits per heavy atom. The normalized spacial score (nSPS) is 22.6. The molecule has 208 valence electrons. The zero-order valence-corrected chi connectivity index (χ0v) is 22.7. The highest BCUT2D eigenvalue weighted by molar-refractivity contribution is 5.36. The first kappa shape index (κ1) is 28.0. The first-order valence-corrected chi connectivity index (χ1v) is 13.6. The van der Waals surface area contributed by atoms with Gasteiger partial charge in [-0.3, -0.25) is 0 Å². The molecule has 1 fully saturated rings. The van der Waals surface area contributed by atoms with Crippen molar-refractivity contribution in [3.8, 4) is 0 Å². The molecule has 2 heterocycles. The monoisotopic (exact) mass is 540 g/mol. The Morgan fingerprint density at radius 3 is 1.77 bits per heavy atom. The summed E-state index contributed by atoms with van der Waals surface area (Å²) in [7, 11) is 1.63. The Balaban J connectivity index is 1.40. The number of nitrogens with one attached hydrogen (secondary N) is 1. The number of methoxy groups -OCH3 is 1. The molecule has 3 aromatic carbocycles. The maximum absolute atomic E-state index is 6.65. The number of hydrogen-bond donors (Lipinski definition) is 1. The topological polar surface area (TPSA) is 71.1 Å². The number of benzene rings is 3. The number of nitrogens with zero attached hydrogens (tertiary/aromatic N) is 1. The van der Waals surface area contributed by atoms with Gasteiger partial charge in [0.2, 0.25) is 0 Å². The highest BCUT2D eigenvalue weighted by Crippen LogP contribution is 2.30. The third kappa shape index (κ3) is 7.75.